The molecule has 0 spiro atoms. The molecule has 96 heavy (non-hydrogen) atoms. The smallest absolute Gasteiger partial charge is 0.253 e. The zero-order chi connectivity index (χ0) is 70.7. The van der Waals surface area contributed by atoms with Crippen molar-refractivity contribution in [1.29, 1.82) is 0 Å². The first-order valence-electron chi connectivity index (χ1n) is 30.9. The number of rotatable bonds is 19. The number of sulfone groups is 1. The second kappa shape index (κ2) is 31.7. The van der Waals surface area contributed by atoms with Crippen molar-refractivity contribution in [3.8, 4) is 5.75 Å². The molecule has 7 rings (SSSR count). The topological polar surface area (TPSA) is 509 Å². The van der Waals surface area contributed by atoms with Gasteiger partial charge in [-0.1, -0.05) is 53.2 Å². The number of aliphatic hydroxyl groups is 3. The molecule has 1 fully saturated rings. The molecule has 5 heterocycles. The van der Waals surface area contributed by atoms with E-state index in [9.17, 15) is 78.0 Å². The zero-order valence-electron chi connectivity index (χ0n) is 53.3. The molecule has 520 valence electrons. The molecular weight excluding hydrogens is 1280 g/mol. The largest absolute Gasteiger partial charge is 0.508 e. The Morgan fingerprint density at radius 3 is 2.07 bits per heavy atom. The SMILES string of the molecule is CC[C@H](C)[C@@H]1NC(=O)CNC(=O)[C@@H]2Cc3c([nH]c4cc(O)ccc34)S(=O)(=O)CC(NC(=O)CNC1=O)C(=O)N[C@@H](CC(=O)NCc1ccc(NC(=O)[C@H](C)NC(=O)[C@@H](NC(=O)CCN3C(=O)C=CC3=O)C(C)C)cc1)C(=O)N1C[C@H](O)C[C@]1(C=O)N[C@@H]([C@@H](C)[C@@H](O)CO)C(=O)N2. The van der Waals surface area contributed by atoms with Gasteiger partial charge in [-0.15, -0.1) is 0 Å². The van der Waals surface area contributed by atoms with Crippen LogP contribution in [0.3, 0.4) is 0 Å². The van der Waals surface area contributed by atoms with Gasteiger partial charge in [-0.2, -0.15) is 0 Å². The average Bonchev–Trinajstić information content (AvgIpc) is 1.59. The molecule has 2 bridgehead atoms. The fraction of sp³-hybridized carbons (Fsp3) is 0.508. The summed E-state index contributed by atoms with van der Waals surface area (Å²) in [6.45, 7) is 5.12. The van der Waals surface area contributed by atoms with Gasteiger partial charge in [-0.05, 0) is 54.2 Å². The van der Waals surface area contributed by atoms with E-state index in [1.54, 1.807) is 27.7 Å². The Balaban J connectivity index is 1.20. The van der Waals surface area contributed by atoms with Crippen molar-refractivity contribution in [3.05, 3.63) is 65.7 Å². The highest BCUT2D eigenvalue weighted by atomic mass is 32.2. The number of carbonyl (C=O) groups is 14. The second-order valence-electron chi connectivity index (χ2n) is 24.4. The number of benzene rings is 2. The van der Waals surface area contributed by atoms with E-state index in [1.165, 1.54) is 50.2 Å². The zero-order valence-corrected chi connectivity index (χ0v) is 54.1. The lowest BCUT2D eigenvalue weighted by Crippen LogP contribution is -2.69. The fourth-order valence-corrected chi connectivity index (χ4v) is 12.9. The number of phenolic OH excluding ortho intramolecular Hbond substituents is 1. The van der Waals surface area contributed by atoms with Gasteiger partial charge in [-0.25, -0.2) is 8.42 Å². The lowest BCUT2D eigenvalue weighted by atomic mass is 9.92. The molecule has 13 amide bonds. The van der Waals surface area contributed by atoms with Gasteiger partial charge in [0.25, 0.3) is 11.8 Å². The van der Waals surface area contributed by atoms with E-state index in [1.807, 2.05) is 0 Å². The van der Waals surface area contributed by atoms with Crippen molar-refractivity contribution in [2.24, 2.45) is 17.8 Å². The van der Waals surface area contributed by atoms with Crippen LogP contribution in [0.2, 0.25) is 0 Å². The molecule has 1 aromatic heterocycles. The van der Waals surface area contributed by atoms with Crippen LogP contribution in [0.15, 0.2) is 59.6 Å². The molecule has 0 radical (unpaired) electrons. The van der Waals surface area contributed by atoms with Crippen LogP contribution in [0.1, 0.15) is 78.4 Å². The van der Waals surface area contributed by atoms with E-state index in [0.717, 1.165) is 23.1 Å². The van der Waals surface area contributed by atoms with Crippen LogP contribution in [0.25, 0.3) is 10.9 Å². The number of imide groups is 1. The highest BCUT2D eigenvalue weighted by molar-refractivity contribution is 7.91. The number of nitrogens with zero attached hydrogens (tertiary/aromatic N) is 2. The van der Waals surface area contributed by atoms with Gasteiger partial charge >= 0.3 is 0 Å². The third-order valence-corrected chi connectivity index (χ3v) is 18.7. The second-order valence-corrected chi connectivity index (χ2v) is 26.4. The Morgan fingerprint density at radius 1 is 0.781 bits per heavy atom. The standard InChI is InChI=1S/C61H80N14O20S/c1-7-30(4)51-56(90)64-23-46(83)67-42-27-96(94,95)59-38(37-13-12-35(78)18-39(37)70-59)19-40(54(88)63-24-47(84)72-51)68-58(92)52(31(5)43(80)26-76)73-61(28-77)21-36(79)25-75(61)60(93)41(69-55(42)89)20-45(82)62-22-33-8-10-34(11-9-33)66-53(87)32(6)65-57(91)50(29(2)3)71-44(81)16-17-74-48(85)14-15-49(74)86/h8-15,18,28-32,36,40-43,50-52,70,73,76,78-80H,7,16-17,19-27H2,1-6H3,(H,62,82)(H,63,88)(H,64,90)(H,65,91)(H,66,87)(H,67,83)(H,68,92)(H,69,89)(H,71,81)(H,72,84)/t30-,31-,32-,36+,40-,41-,42?,43-,50-,51-,52-,61-/m0/s1. The molecule has 0 saturated carbocycles. The molecule has 35 heteroatoms. The number of carbonyl (C=O) groups excluding carboxylic acids is 14. The summed E-state index contributed by atoms with van der Waals surface area (Å²) in [5.41, 5.74) is -2.24. The average molecular weight is 1360 g/mol. The van der Waals surface area contributed by atoms with Crippen molar-refractivity contribution >= 4 is 110 Å². The Bertz CT molecular complexity index is 3680. The lowest BCUT2D eigenvalue weighted by molar-refractivity contribution is -0.147. The summed E-state index contributed by atoms with van der Waals surface area (Å²) in [4.78, 5) is 197. The summed E-state index contributed by atoms with van der Waals surface area (Å²) in [6.07, 6.45) is -3.66. The highest BCUT2D eigenvalue weighted by Crippen LogP contribution is 2.33. The Kier molecular flexibility index (Phi) is 24.3. The number of aldehydes is 1. The molecule has 3 aromatic rings. The molecule has 1 saturated heterocycles. The summed E-state index contributed by atoms with van der Waals surface area (Å²) in [5, 5.41) is 69.9. The van der Waals surface area contributed by atoms with Gasteiger partial charge < -0.3 is 83.5 Å². The number of phenols is 1. The van der Waals surface area contributed by atoms with E-state index in [0.29, 0.717) is 16.9 Å². The number of aliphatic hydroxyl groups excluding tert-OH is 3. The quantitative estimate of drug-likeness (QED) is 0.0393. The van der Waals surface area contributed by atoms with Gasteiger partial charge in [0.1, 0.15) is 47.0 Å². The monoisotopic (exact) mass is 1360 g/mol. The summed E-state index contributed by atoms with van der Waals surface area (Å²) < 4.78 is 30.2. The van der Waals surface area contributed by atoms with Crippen molar-refractivity contribution in [1.82, 2.24) is 68.0 Å². The van der Waals surface area contributed by atoms with E-state index in [2.05, 4.69) is 63.5 Å². The minimum absolute atomic E-state index is 0.0294. The minimum atomic E-state index is -5.06. The normalized spacial score (nSPS) is 24.6. The summed E-state index contributed by atoms with van der Waals surface area (Å²) in [7, 11) is -5.06. The first-order chi connectivity index (χ1) is 45.3. The lowest BCUT2D eigenvalue weighted by Gasteiger charge is -2.41. The molecule has 1 unspecified atom stereocenters. The molecule has 12 atom stereocenters. The van der Waals surface area contributed by atoms with Crippen molar-refractivity contribution in [2.75, 3.05) is 43.9 Å². The van der Waals surface area contributed by atoms with Crippen LogP contribution < -0.4 is 58.5 Å². The molecule has 16 N–H and O–H groups in total. The van der Waals surface area contributed by atoms with E-state index < -0.39 is 221 Å². The molecule has 2 aromatic carbocycles. The van der Waals surface area contributed by atoms with Gasteiger partial charge in [0.05, 0.1) is 55.6 Å². The molecule has 4 aliphatic heterocycles. The Labute approximate surface area is 549 Å². The minimum Gasteiger partial charge on any atom is -0.508 e. The predicted octanol–water partition coefficient (Wildman–Crippen LogP) is -5.52. The molecule has 34 nitrogen and oxygen atoms in total. The first-order valence-corrected chi connectivity index (χ1v) is 32.6. The van der Waals surface area contributed by atoms with Crippen molar-refractivity contribution in [2.45, 2.75) is 145 Å². The number of hydrogen-bond donors (Lipinski definition) is 16. The number of anilines is 1. The van der Waals surface area contributed by atoms with Crippen LogP contribution >= 0.6 is 0 Å². The predicted molar refractivity (Wildman–Crippen MR) is 336 cm³/mol. The number of amides is 13. The summed E-state index contributed by atoms with van der Waals surface area (Å²) in [5.74, 6) is -16.7. The molecule has 0 aliphatic carbocycles. The van der Waals surface area contributed by atoms with Crippen LogP contribution in [0.5, 0.6) is 5.75 Å². The third-order valence-electron chi connectivity index (χ3n) is 17.0. The van der Waals surface area contributed by atoms with Crippen molar-refractivity contribution < 1.29 is 96.0 Å². The Hall–Kier alpha value is -9.71. The summed E-state index contributed by atoms with van der Waals surface area (Å²) >= 11 is 0. The first kappa shape index (κ1) is 73.7. The fourth-order valence-electron chi connectivity index (χ4n) is 11.2. The number of fused-ring (bicyclic) bond motifs is 5. The van der Waals surface area contributed by atoms with Crippen LogP contribution in [0.4, 0.5) is 5.69 Å². The van der Waals surface area contributed by atoms with Gasteiger partial charge in [0, 0.05) is 74.1 Å². The van der Waals surface area contributed by atoms with Crippen LogP contribution in [-0.4, -0.2) is 225 Å². The molecular formula is C61H80N14O20S. The van der Waals surface area contributed by atoms with Crippen LogP contribution in [-0.2, 0) is 89.9 Å². The van der Waals surface area contributed by atoms with Gasteiger partial charge in [-0.3, -0.25) is 77.3 Å². The van der Waals surface area contributed by atoms with E-state index in [-0.39, 0.29) is 53.7 Å². The maximum Gasteiger partial charge on any atom is 0.253 e. The van der Waals surface area contributed by atoms with Gasteiger partial charge in [0.2, 0.25) is 65.0 Å². The van der Waals surface area contributed by atoms with E-state index >= 15 is 18.0 Å². The number of H-pyrrole nitrogens is 1. The maximum absolute atomic E-state index is 15.3. The number of aromatic hydroxyl groups is 1. The van der Waals surface area contributed by atoms with E-state index in [4.69, 9.17) is 0 Å². The van der Waals surface area contributed by atoms with Gasteiger partial charge in [0.15, 0.2) is 21.8 Å². The number of aromatic amines is 1. The molecule has 4 aliphatic rings. The number of hydrogen-bond acceptors (Lipinski definition) is 21. The van der Waals surface area contributed by atoms with Crippen molar-refractivity contribution in [3.63, 3.8) is 0 Å². The Morgan fingerprint density at radius 2 is 1.44 bits per heavy atom. The maximum atomic E-state index is 15.3. The number of nitrogens with one attached hydrogen (secondary N) is 12. The summed E-state index contributed by atoms with van der Waals surface area (Å²) in [6, 6.07) is -2.54. The third kappa shape index (κ3) is 18.0. The van der Waals surface area contributed by atoms with Crippen LogP contribution in [0, 0.1) is 17.8 Å². The highest BCUT2D eigenvalue weighted by Gasteiger charge is 2.53. The number of aromatic nitrogens is 1.